The molecular weight excluding hydrogens is 384 g/mol. The fourth-order valence-corrected chi connectivity index (χ4v) is 3.99. The molecule has 148 valence electrons. The first-order chi connectivity index (χ1) is 14.0. The number of ether oxygens (including phenoxy) is 1. The normalized spacial score (nSPS) is 13.8. The summed E-state index contributed by atoms with van der Waals surface area (Å²) in [5.74, 6) is 0.902. The highest BCUT2D eigenvalue weighted by molar-refractivity contribution is 8.00. The van der Waals surface area contributed by atoms with Gasteiger partial charge in [-0.2, -0.15) is 4.98 Å². The van der Waals surface area contributed by atoms with Crippen LogP contribution in [0.25, 0.3) is 11.3 Å². The number of aromatic nitrogens is 2. The Morgan fingerprint density at radius 2 is 1.79 bits per heavy atom. The van der Waals surface area contributed by atoms with E-state index in [1.165, 1.54) is 11.9 Å². The number of hydrogen-bond donors (Lipinski definition) is 2. The molecule has 0 radical (unpaired) electrons. The van der Waals surface area contributed by atoms with Gasteiger partial charge in [-0.05, 0) is 62.0 Å². The molecule has 7 heteroatoms. The lowest BCUT2D eigenvalue weighted by molar-refractivity contribution is 0.0520. The molecular formula is C22H22N4O2S. The largest absolute Gasteiger partial charge is 0.460 e. The van der Waals surface area contributed by atoms with Crippen LogP contribution in [0, 0.1) is 20.8 Å². The van der Waals surface area contributed by atoms with Gasteiger partial charge in [0.1, 0.15) is 12.4 Å². The molecule has 0 spiro atoms. The number of anilines is 2. The van der Waals surface area contributed by atoms with Gasteiger partial charge in [0, 0.05) is 16.0 Å². The van der Waals surface area contributed by atoms with Gasteiger partial charge in [-0.1, -0.05) is 24.3 Å². The van der Waals surface area contributed by atoms with Crippen molar-refractivity contribution in [1.29, 1.82) is 0 Å². The van der Waals surface area contributed by atoms with Crippen molar-refractivity contribution in [3.8, 4) is 11.3 Å². The van der Waals surface area contributed by atoms with Gasteiger partial charge in [0.05, 0.1) is 17.8 Å². The summed E-state index contributed by atoms with van der Waals surface area (Å²) in [7, 11) is 0. The third-order valence-corrected chi connectivity index (χ3v) is 5.60. The van der Waals surface area contributed by atoms with Gasteiger partial charge >= 0.3 is 5.97 Å². The molecule has 1 aliphatic rings. The van der Waals surface area contributed by atoms with Crippen molar-refractivity contribution in [2.75, 3.05) is 23.2 Å². The van der Waals surface area contributed by atoms with Crippen molar-refractivity contribution in [3.05, 3.63) is 64.7 Å². The summed E-state index contributed by atoms with van der Waals surface area (Å²) in [6, 6.07) is 13.5. The number of nitrogens with one attached hydrogen (secondary N) is 2. The van der Waals surface area contributed by atoms with Crippen LogP contribution in [0.5, 0.6) is 0 Å². The molecule has 0 unspecified atom stereocenters. The molecule has 0 saturated heterocycles. The zero-order valence-corrected chi connectivity index (χ0v) is 17.4. The molecule has 0 amide bonds. The number of benzene rings is 2. The van der Waals surface area contributed by atoms with Crippen LogP contribution >= 0.6 is 11.9 Å². The zero-order valence-electron chi connectivity index (χ0n) is 16.6. The Bertz CT molecular complexity index is 1060. The number of nitrogens with zero attached hydrogens (tertiary/aromatic N) is 2. The van der Waals surface area contributed by atoms with Crippen molar-refractivity contribution in [1.82, 2.24) is 9.97 Å². The summed E-state index contributed by atoms with van der Waals surface area (Å²) < 4.78 is 8.61. The molecule has 2 heterocycles. The Morgan fingerprint density at radius 3 is 2.59 bits per heavy atom. The Balaban J connectivity index is 1.79. The Morgan fingerprint density at radius 1 is 1.03 bits per heavy atom. The molecule has 3 aromatic rings. The van der Waals surface area contributed by atoms with Gasteiger partial charge in [-0.15, -0.1) is 0 Å². The Labute approximate surface area is 174 Å². The lowest BCUT2D eigenvalue weighted by Crippen LogP contribution is -2.15. The van der Waals surface area contributed by atoms with Crippen LogP contribution in [0.3, 0.4) is 0 Å². The Kier molecular flexibility index (Phi) is 5.40. The van der Waals surface area contributed by atoms with E-state index < -0.39 is 0 Å². The van der Waals surface area contributed by atoms with E-state index in [0.29, 0.717) is 18.1 Å². The SMILES string of the molecule is Cc1cccc(C)c1-c1nc2nc(c1C)NCCOC(=O)c1cccc(c1)SN2. The molecule has 4 bridgehead atoms. The molecule has 0 saturated carbocycles. The molecule has 2 aromatic carbocycles. The van der Waals surface area contributed by atoms with E-state index in [2.05, 4.69) is 47.1 Å². The highest BCUT2D eigenvalue weighted by atomic mass is 32.2. The zero-order chi connectivity index (χ0) is 20.4. The second-order valence-electron chi connectivity index (χ2n) is 6.93. The van der Waals surface area contributed by atoms with Crippen LogP contribution in [0.2, 0.25) is 0 Å². The first kappa shape index (κ1) is 19.3. The number of esters is 1. The molecule has 1 aliphatic heterocycles. The number of fused-ring (bicyclic) bond motifs is 4. The average Bonchev–Trinajstić information content (AvgIpc) is 2.72. The maximum Gasteiger partial charge on any atom is 0.338 e. The van der Waals surface area contributed by atoms with Crippen molar-refractivity contribution < 1.29 is 9.53 Å². The van der Waals surface area contributed by atoms with E-state index in [0.717, 1.165) is 38.7 Å². The molecule has 2 N–H and O–H groups in total. The summed E-state index contributed by atoms with van der Waals surface area (Å²) >= 11 is 1.36. The van der Waals surface area contributed by atoms with Crippen LogP contribution in [0.4, 0.5) is 11.8 Å². The van der Waals surface area contributed by atoms with Gasteiger partial charge in [0.25, 0.3) is 0 Å². The Hall–Kier alpha value is -3.06. The fraction of sp³-hybridized carbons (Fsp3) is 0.227. The van der Waals surface area contributed by atoms with Crippen LogP contribution in [-0.2, 0) is 4.74 Å². The van der Waals surface area contributed by atoms with E-state index in [1.54, 1.807) is 12.1 Å². The van der Waals surface area contributed by atoms with Crippen LogP contribution < -0.4 is 10.0 Å². The lowest BCUT2D eigenvalue weighted by atomic mass is 9.97. The number of carbonyl (C=O) groups excluding carboxylic acids is 1. The minimum absolute atomic E-state index is 0.251. The topological polar surface area (TPSA) is 76.1 Å². The number of rotatable bonds is 1. The lowest BCUT2D eigenvalue weighted by Gasteiger charge is -2.17. The van der Waals surface area contributed by atoms with E-state index >= 15 is 0 Å². The molecule has 4 rings (SSSR count). The first-order valence-electron chi connectivity index (χ1n) is 9.42. The molecule has 1 aromatic heterocycles. The standard InChI is InChI=1S/C22H22N4O2S/c1-13-6-4-7-14(2)18(13)19-15(3)20-23-10-11-28-21(27)16-8-5-9-17(12-16)29-26-22(24-19)25-20/h4-9,12H,10-11H2,1-3H3,(H2,23,24,25,26). The number of cyclic esters (lactones) is 1. The second-order valence-corrected chi connectivity index (χ2v) is 7.81. The van der Waals surface area contributed by atoms with Gasteiger partial charge in [0.15, 0.2) is 0 Å². The predicted molar refractivity (Wildman–Crippen MR) is 116 cm³/mol. The fourth-order valence-electron chi connectivity index (χ4n) is 3.35. The first-order valence-corrected chi connectivity index (χ1v) is 10.2. The minimum Gasteiger partial charge on any atom is -0.460 e. The number of hydrogen-bond acceptors (Lipinski definition) is 7. The summed E-state index contributed by atoms with van der Waals surface area (Å²) in [5.41, 5.74) is 5.81. The third-order valence-electron chi connectivity index (χ3n) is 4.82. The summed E-state index contributed by atoms with van der Waals surface area (Å²) in [6.07, 6.45) is 0. The minimum atomic E-state index is -0.334. The average molecular weight is 407 g/mol. The third kappa shape index (κ3) is 4.05. The van der Waals surface area contributed by atoms with Gasteiger partial charge in [0.2, 0.25) is 5.95 Å². The highest BCUT2D eigenvalue weighted by Crippen LogP contribution is 2.33. The van der Waals surface area contributed by atoms with E-state index in [4.69, 9.17) is 9.72 Å². The second kappa shape index (κ2) is 8.13. The van der Waals surface area contributed by atoms with E-state index in [9.17, 15) is 4.79 Å². The van der Waals surface area contributed by atoms with E-state index in [-0.39, 0.29) is 12.6 Å². The van der Waals surface area contributed by atoms with Crippen LogP contribution in [-0.4, -0.2) is 29.1 Å². The van der Waals surface area contributed by atoms with Gasteiger partial charge < -0.3 is 10.1 Å². The number of carbonyl (C=O) groups is 1. The van der Waals surface area contributed by atoms with Crippen molar-refractivity contribution >= 4 is 29.7 Å². The van der Waals surface area contributed by atoms with E-state index in [1.807, 2.05) is 19.1 Å². The van der Waals surface area contributed by atoms with Crippen molar-refractivity contribution in [2.45, 2.75) is 25.7 Å². The maximum atomic E-state index is 12.2. The van der Waals surface area contributed by atoms with Crippen molar-refractivity contribution in [3.63, 3.8) is 0 Å². The summed E-state index contributed by atoms with van der Waals surface area (Å²) in [4.78, 5) is 22.6. The molecule has 29 heavy (non-hydrogen) atoms. The summed E-state index contributed by atoms with van der Waals surface area (Å²) in [5, 5.41) is 3.29. The highest BCUT2D eigenvalue weighted by Gasteiger charge is 2.17. The molecule has 0 fully saturated rings. The monoisotopic (exact) mass is 406 g/mol. The van der Waals surface area contributed by atoms with Crippen molar-refractivity contribution in [2.24, 2.45) is 0 Å². The molecule has 6 nitrogen and oxygen atoms in total. The van der Waals surface area contributed by atoms with Crippen LogP contribution in [0.15, 0.2) is 47.4 Å². The number of aryl methyl sites for hydroxylation is 2. The van der Waals surface area contributed by atoms with Gasteiger partial charge in [-0.25, -0.2) is 9.78 Å². The maximum absolute atomic E-state index is 12.2. The quantitative estimate of drug-likeness (QED) is 0.445. The molecule has 0 aliphatic carbocycles. The predicted octanol–water partition coefficient (Wildman–Crippen LogP) is 4.77. The smallest absolute Gasteiger partial charge is 0.338 e. The van der Waals surface area contributed by atoms with Crippen LogP contribution in [0.1, 0.15) is 27.0 Å². The van der Waals surface area contributed by atoms with Gasteiger partial charge in [-0.3, -0.25) is 4.72 Å². The molecule has 0 atom stereocenters. The summed E-state index contributed by atoms with van der Waals surface area (Å²) in [6.45, 7) is 6.90.